The highest BCUT2D eigenvalue weighted by molar-refractivity contribution is 7.83. The number of hydrogen-bond donors (Lipinski definition) is 4. The maximum atomic E-state index is 13.0. The number of ether oxygens (including phenoxy) is 3. The van der Waals surface area contributed by atoms with Crippen LogP contribution in [0.25, 0.3) is 0 Å². The van der Waals surface area contributed by atoms with E-state index in [1.54, 1.807) is 0 Å². The van der Waals surface area contributed by atoms with Crippen molar-refractivity contribution < 1.29 is 43.3 Å². The van der Waals surface area contributed by atoms with Crippen LogP contribution in [-0.4, -0.2) is 72.0 Å². The van der Waals surface area contributed by atoms with Gasteiger partial charge in [-0.2, -0.15) is 0 Å². The Balaban J connectivity index is 2.24. The van der Waals surface area contributed by atoms with Gasteiger partial charge in [0, 0.05) is 18.2 Å². The highest BCUT2D eigenvalue weighted by Crippen LogP contribution is 2.34. The first-order valence-electron chi connectivity index (χ1n) is 11.1. The van der Waals surface area contributed by atoms with Crippen LogP contribution < -0.4 is 10.6 Å². The number of thiol groups is 1. The van der Waals surface area contributed by atoms with E-state index in [0.717, 1.165) is 0 Å². The lowest BCUT2D eigenvalue weighted by Crippen LogP contribution is -2.49. The van der Waals surface area contributed by atoms with Crippen molar-refractivity contribution in [2.24, 2.45) is 5.92 Å². The average Bonchev–Trinajstić information content (AvgIpc) is 3.39. The minimum Gasteiger partial charge on any atom is -0.480 e. The highest BCUT2D eigenvalue weighted by Gasteiger charge is 2.54. The fourth-order valence-electron chi connectivity index (χ4n) is 3.53. The van der Waals surface area contributed by atoms with Gasteiger partial charge in [-0.1, -0.05) is 38.0 Å². The number of amides is 1. The van der Waals surface area contributed by atoms with E-state index in [0.29, 0.717) is 0 Å². The van der Waals surface area contributed by atoms with Gasteiger partial charge in [0.2, 0.25) is 10.7 Å². The molecule has 198 valence electrons. The highest BCUT2D eigenvalue weighted by atomic mass is 32.1. The number of rotatable bonds is 13. The van der Waals surface area contributed by atoms with E-state index in [4.69, 9.17) is 14.2 Å². The number of benzene rings is 1. The molecule has 1 aliphatic rings. The minimum absolute atomic E-state index is 0.00980. The number of esters is 3. The summed E-state index contributed by atoms with van der Waals surface area (Å²) in [5.74, 6) is -5.56. The van der Waals surface area contributed by atoms with E-state index in [-0.39, 0.29) is 49.6 Å². The molecular weight excluding hydrogens is 504 g/mol. The lowest BCUT2D eigenvalue weighted by Gasteiger charge is -2.27. The monoisotopic (exact) mass is 532 g/mol. The normalized spacial score (nSPS) is 18.0. The van der Waals surface area contributed by atoms with Crippen LogP contribution in [0.3, 0.4) is 0 Å². The summed E-state index contributed by atoms with van der Waals surface area (Å²) in [5.41, 5.74) is 0.0509. The zero-order valence-corrected chi connectivity index (χ0v) is 20.8. The van der Waals surface area contributed by atoms with Crippen molar-refractivity contribution in [3.63, 3.8) is 0 Å². The van der Waals surface area contributed by atoms with E-state index < -0.39 is 46.5 Å². The molecule has 1 heterocycles. The van der Waals surface area contributed by atoms with Gasteiger partial charge in [-0.05, 0) is 24.6 Å². The van der Waals surface area contributed by atoms with Crippen LogP contribution in [-0.2, 0) is 28.6 Å². The second kappa shape index (κ2) is 13.4. The van der Waals surface area contributed by atoms with Crippen molar-refractivity contribution in [2.45, 2.75) is 17.2 Å². The summed E-state index contributed by atoms with van der Waals surface area (Å²) in [7, 11) is 0. The largest absolute Gasteiger partial charge is 0.480 e. The Bertz CT molecular complexity index is 1060. The van der Waals surface area contributed by atoms with Gasteiger partial charge >= 0.3 is 23.9 Å². The first kappa shape index (κ1) is 29.3. The summed E-state index contributed by atoms with van der Waals surface area (Å²) in [6.45, 7) is 10.0. The van der Waals surface area contributed by atoms with E-state index in [1.807, 2.05) is 0 Å². The SMILES string of the molecule is C=CCOC(=O)c1cc(NC(=O)C2CC(C(S)(C(=O)O)C(=O)OCC=C)CN2)cc(C(=O)OCC=C)c1. The van der Waals surface area contributed by atoms with E-state index >= 15 is 0 Å². The number of carbonyl (C=O) groups is 5. The molecule has 12 heteroatoms. The number of hydrogen-bond acceptors (Lipinski definition) is 10. The molecule has 0 aliphatic carbocycles. The molecule has 3 atom stereocenters. The molecule has 1 aromatic rings. The molecule has 3 unspecified atom stereocenters. The van der Waals surface area contributed by atoms with Crippen LogP contribution in [0, 0.1) is 5.92 Å². The number of carbonyl (C=O) groups excluding carboxylic acids is 4. The van der Waals surface area contributed by atoms with Crippen LogP contribution in [0.2, 0.25) is 0 Å². The second-order valence-corrected chi connectivity index (χ2v) is 8.62. The maximum Gasteiger partial charge on any atom is 0.338 e. The minimum atomic E-state index is -2.19. The van der Waals surface area contributed by atoms with Crippen molar-refractivity contribution in [1.82, 2.24) is 5.32 Å². The molecule has 3 N–H and O–H groups in total. The summed E-state index contributed by atoms with van der Waals surface area (Å²) >= 11 is 4.12. The van der Waals surface area contributed by atoms with Gasteiger partial charge in [0.1, 0.15) is 19.8 Å². The molecule has 0 spiro atoms. The molecule has 0 bridgehead atoms. The number of nitrogens with one attached hydrogen (secondary N) is 2. The van der Waals surface area contributed by atoms with Gasteiger partial charge < -0.3 is 30.0 Å². The lowest BCUT2D eigenvalue weighted by atomic mass is 9.88. The molecule has 1 aromatic carbocycles. The Morgan fingerprint density at radius 2 is 1.49 bits per heavy atom. The van der Waals surface area contributed by atoms with Crippen LogP contribution in [0.4, 0.5) is 5.69 Å². The summed E-state index contributed by atoms with van der Waals surface area (Å²) < 4.78 is 12.7. The van der Waals surface area contributed by atoms with Gasteiger partial charge in [0.25, 0.3) is 0 Å². The van der Waals surface area contributed by atoms with Gasteiger partial charge in [-0.25, -0.2) is 14.4 Å². The average molecular weight is 533 g/mol. The molecule has 1 aliphatic heterocycles. The fourth-order valence-corrected chi connectivity index (χ4v) is 3.79. The first-order valence-corrected chi connectivity index (χ1v) is 11.5. The molecule has 0 radical (unpaired) electrons. The van der Waals surface area contributed by atoms with Crippen molar-refractivity contribution in [2.75, 3.05) is 31.7 Å². The molecule has 0 saturated carbocycles. The van der Waals surface area contributed by atoms with Crippen molar-refractivity contribution >= 4 is 48.1 Å². The molecule has 0 aromatic heterocycles. The summed E-state index contributed by atoms with van der Waals surface area (Å²) in [6, 6.07) is 2.98. The van der Waals surface area contributed by atoms with Gasteiger partial charge in [0.05, 0.1) is 17.2 Å². The maximum absolute atomic E-state index is 13.0. The summed E-state index contributed by atoms with van der Waals surface area (Å²) in [5, 5.41) is 15.1. The number of anilines is 1. The predicted octanol–water partition coefficient (Wildman–Crippen LogP) is 1.77. The summed E-state index contributed by atoms with van der Waals surface area (Å²) in [6.07, 6.45) is 3.98. The van der Waals surface area contributed by atoms with Crippen LogP contribution in [0.1, 0.15) is 27.1 Å². The van der Waals surface area contributed by atoms with Gasteiger partial charge in [-0.15, -0.1) is 12.6 Å². The Labute approximate surface area is 218 Å². The third-order valence-electron chi connectivity index (χ3n) is 5.34. The standard InChI is InChI=1S/C25H28N2O9S/c1-4-7-34-21(29)15-10-16(22(30)35-8-5-2)12-18(11-15)27-20(28)19-13-17(14-26-19)25(37,23(31)32)24(33)36-9-6-3/h4-6,10-12,17,19,26,37H,1-3,7-9,13-14H2,(H,27,28)(H,31,32). The van der Waals surface area contributed by atoms with E-state index in [1.165, 1.54) is 36.4 Å². The van der Waals surface area contributed by atoms with Crippen molar-refractivity contribution in [3.8, 4) is 0 Å². The topological polar surface area (TPSA) is 157 Å². The van der Waals surface area contributed by atoms with Crippen molar-refractivity contribution in [3.05, 3.63) is 67.3 Å². The fraction of sp³-hybridized carbons (Fsp3) is 0.320. The van der Waals surface area contributed by atoms with Crippen LogP contribution >= 0.6 is 12.6 Å². The second-order valence-electron chi connectivity index (χ2n) is 7.91. The zero-order valence-electron chi connectivity index (χ0n) is 19.9. The van der Waals surface area contributed by atoms with Crippen molar-refractivity contribution in [1.29, 1.82) is 0 Å². The van der Waals surface area contributed by atoms with Gasteiger partial charge in [-0.3, -0.25) is 9.59 Å². The Morgan fingerprint density at radius 3 is 1.97 bits per heavy atom. The first-order chi connectivity index (χ1) is 17.6. The number of carboxylic acid groups (broad SMARTS) is 1. The van der Waals surface area contributed by atoms with E-state index in [9.17, 15) is 29.1 Å². The third-order valence-corrected chi connectivity index (χ3v) is 6.08. The molecule has 2 rings (SSSR count). The summed E-state index contributed by atoms with van der Waals surface area (Å²) in [4.78, 5) is 62.0. The molecule has 1 saturated heterocycles. The predicted molar refractivity (Wildman–Crippen MR) is 136 cm³/mol. The molecule has 1 fully saturated rings. The zero-order chi connectivity index (χ0) is 27.6. The number of aliphatic carboxylic acids is 1. The molecule has 11 nitrogen and oxygen atoms in total. The molecule has 1 amide bonds. The smallest absolute Gasteiger partial charge is 0.338 e. The number of carboxylic acids is 1. The lowest BCUT2D eigenvalue weighted by molar-refractivity contribution is -0.157. The Kier molecular flexibility index (Phi) is 10.6. The quantitative estimate of drug-likeness (QED) is 0.0970. The third kappa shape index (κ3) is 7.30. The van der Waals surface area contributed by atoms with Gasteiger partial charge in [0.15, 0.2) is 0 Å². The Hall–Kier alpha value is -3.90. The Morgan fingerprint density at radius 1 is 0.973 bits per heavy atom. The van der Waals surface area contributed by atoms with Crippen LogP contribution in [0.5, 0.6) is 0 Å². The van der Waals surface area contributed by atoms with E-state index in [2.05, 4.69) is 43.0 Å². The molecular formula is C25H28N2O9S. The molecule has 37 heavy (non-hydrogen) atoms. The van der Waals surface area contributed by atoms with Crippen LogP contribution in [0.15, 0.2) is 56.2 Å².